The van der Waals surface area contributed by atoms with Gasteiger partial charge in [0.15, 0.2) is 0 Å². The van der Waals surface area contributed by atoms with Crippen LogP contribution in [0.25, 0.3) is 0 Å². The Labute approximate surface area is 90.9 Å². The van der Waals surface area contributed by atoms with E-state index >= 15 is 0 Å². The summed E-state index contributed by atoms with van der Waals surface area (Å²) in [6, 6.07) is 4.03. The summed E-state index contributed by atoms with van der Waals surface area (Å²) in [5.41, 5.74) is 1.18. The number of hydrogen-bond acceptors (Lipinski definition) is 4. The molecule has 0 aliphatic heterocycles. The molecule has 2 N–H and O–H groups in total. The molecule has 0 saturated heterocycles. The summed E-state index contributed by atoms with van der Waals surface area (Å²) < 4.78 is 0. The van der Waals surface area contributed by atoms with Gasteiger partial charge >= 0.3 is 0 Å². The molecule has 84 valence electrons. The largest absolute Gasteiger partial charge is 0.395 e. The van der Waals surface area contributed by atoms with Crippen molar-refractivity contribution in [1.29, 1.82) is 0 Å². The molecule has 0 radical (unpaired) electrons. The highest BCUT2D eigenvalue weighted by atomic mass is 16.3. The summed E-state index contributed by atoms with van der Waals surface area (Å²) in [5.74, 6) is 0.893. The monoisotopic (exact) mass is 209 g/mol. The van der Waals surface area contributed by atoms with Crippen LogP contribution in [0.1, 0.15) is 12.5 Å². The number of nitrogens with one attached hydrogen (secondary N) is 1. The Bertz CT molecular complexity index is 274. The number of hydrogen-bond donors (Lipinski definition) is 2. The molecule has 4 heteroatoms. The van der Waals surface area contributed by atoms with Crippen LogP contribution in [0.5, 0.6) is 0 Å². The van der Waals surface area contributed by atoms with E-state index in [0.29, 0.717) is 6.54 Å². The van der Waals surface area contributed by atoms with Crippen molar-refractivity contribution in [3.05, 3.63) is 23.9 Å². The van der Waals surface area contributed by atoms with Crippen LogP contribution >= 0.6 is 0 Å². The number of nitrogens with zero attached hydrogens (tertiary/aromatic N) is 2. The maximum Gasteiger partial charge on any atom is 0.128 e. The molecule has 1 rings (SSSR count). The Balaban J connectivity index is 2.55. The first-order chi connectivity index (χ1) is 7.27. The van der Waals surface area contributed by atoms with Gasteiger partial charge in [-0.1, -0.05) is 13.0 Å². The van der Waals surface area contributed by atoms with Gasteiger partial charge in [0, 0.05) is 26.3 Å². The molecule has 0 aliphatic carbocycles. The van der Waals surface area contributed by atoms with Crippen molar-refractivity contribution in [2.45, 2.75) is 13.5 Å². The van der Waals surface area contributed by atoms with Gasteiger partial charge < -0.3 is 15.3 Å². The zero-order valence-electron chi connectivity index (χ0n) is 9.40. The van der Waals surface area contributed by atoms with E-state index < -0.39 is 0 Å². The van der Waals surface area contributed by atoms with Crippen molar-refractivity contribution in [2.75, 3.05) is 31.6 Å². The van der Waals surface area contributed by atoms with Crippen LogP contribution in [0.3, 0.4) is 0 Å². The molecule has 0 fully saturated rings. The van der Waals surface area contributed by atoms with Crippen molar-refractivity contribution in [3.63, 3.8) is 0 Å². The zero-order chi connectivity index (χ0) is 11.1. The number of aromatic nitrogens is 1. The Morgan fingerprint density at radius 3 is 2.80 bits per heavy atom. The molecular weight excluding hydrogens is 190 g/mol. The summed E-state index contributed by atoms with van der Waals surface area (Å²) in [7, 11) is 1.92. The topological polar surface area (TPSA) is 48.4 Å². The van der Waals surface area contributed by atoms with Crippen molar-refractivity contribution in [1.82, 2.24) is 10.3 Å². The van der Waals surface area contributed by atoms with E-state index in [1.165, 1.54) is 5.56 Å². The Kier molecular flexibility index (Phi) is 5.07. The van der Waals surface area contributed by atoms with Crippen LogP contribution < -0.4 is 10.2 Å². The second-order valence-corrected chi connectivity index (χ2v) is 3.45. The summed E-state index contributed by atoms with van der Waals surface area (Å²) in [6.07, 6.45) is 1.87. The molecule has 0 bridgehead atoms. The van der Waals surface area contributed by atoms with Crippen LogP contribution in [0.2, 0.25) is 0 Å². The summed E-state index contributed by atoms with van der Waals surface area (Å²) in [4.78, 5) is 6.25. The minimum atomic E-state index is 0.150. The molecule has 0 aromatic carbocycles. The van der Waals surface area contributed by atoms with Crippen molar-refractivity contribution in [3.8, 4) is 0 Å². The fourth-order valence-electron chi connectivity index (χ4n) is 1.28. The second-order valence-electron chi connectivity index (χ2n) is 3.45. The quantitative estimate of drug-likeness (QED) is 0.721. The molecule has 0 amide bonds. The van der Waals surface area contributed by atoms with Gasteiger partial charge in [0.1, 0.15) is 5.82 Å². The summed E-state index contributed by atoms with van der Waals surface area (Å²) in [6.45, 7) is 4.66. The lowest BCUT2D eigenvalue weighted by atomic mass is 10.3. The van der Waals surface area contributed by atoms with E-state index in [2.05, 4.69) is 23.3 Å². The van der Waals surface area contributed by atoms with Crippen molar-refractivity contribution in [2.24, 2.45) is 0 Å². The Morgan fingerprint density at radius 2 is 2.27 bits per heavy atom. The van der Waals surface area contributed by atoms with Crippen LogP contribution in [0, 0.1) is 0 Å². The minimum absolute atomic E-state index is 0.150. The van der Waals surface area contributed by atoms with Crippen molar-refractivity contribution >= 4 is 5.82 Å². The molecule has 1 heterocycles. The average molecular weight is 209 g/mol. The van der Waals surface area contributed by atoms with Gasteiger partial charge in [0.25, 0.3) is 0 Å². The lowest BCUT2D eigenvalue weighted by Gasteiger charge is -2.16. The first-order valence-corrected chi connectivity index (χ1v) is 5.25. The summed E-state index contributed by atoms with van der Waals surface area (Å²) >= 11 is 0. The molecular formula is C11H19N3O. The first kappa shape index (κ1) is 11.9. The predicted molar refractivity (Wildman–Crippen MR) is 62.0 cm³/mol. The Hall–Kier alpha value is -1.13. The number of pyridine rings is 1. The second kappa shape index (κ2) is 6.37. The van der Waals surface area contributed by atoms with Gasteiger partial charge in [-0.15, -0.1) is 0 Å². The van der Waals surface area contributed by atoms with Gasteiger partial charge in [0.2, 0.25) is 0 Å². The van der Waals surface area contributed by atoms with Gasteiger partial charge in [-0.05, 0) is 18.2 Å². The molecule has 1 aromatic heterocycles. The SMILES string of the molecule is CCNCc1ccc(N(C)CCO)nc1. The third kappa shape index (κ3) is 3.85. The van der Waals surface area contributed by atoms with Gasteiger partial charge in [-0.3, -0.25) is 0 Å². The normalized spacial score (nSPS) is 10.3. The molecule has 0 spiro atoms. The maximum absolute atomic E-state index is 8.79. The van der Waals surface area contributed by atoms with Gasteiger partial charge in [0.05, 0.1) is 6.61 Å². The van der Waals surface area contributed by atoms with Crippen LogP contribution in [0.4, 0.5) is 5.82 Å². The fraction of sp³-hybridized carbons (Fsp3) is 0.545. The Morgan fingerprint density at radius 1 is 1.47 bits per heavy atom. The molecule has 0 unspecified atom stereocenters. The third-order valence-electron chi connectivity index (χ3n) is 2.21. The lowest BCUT2D eigenvalue weighted by molar-refractivity contribution is 0.304. The highest BCUT2D eigenvalue weighted by Crippen LogP contribution is 2.08. The number of rotatable bonds is 6. The first-order valence-electron chi connectivity index (χ1n) is 5.25. The number of anilines is 1. The standard InChI is InChI=1S/C11H19N3O/c1-3-12-8-10-4-5-11(13-9-10)14(2)6-7-15/h4-5,9,12,15H,3,6-8H2,1-2H3. The fourth-order valence-corrected chi connectivity index (χ4v) is 1.28. The average Bonchev–Trinajstić information content (AvgIpc) is 2.27. The lowest BCUT2D eigenvalue weighted by Crippen LogP contribution is -2.22. The van der Waals surface area contributed by atoms with E-state index in [0.717, 1.165) is 18.9 Å². The molecule has 1 aromatic rings. The van der Waals surface area contributed by atoms with Crippen LogP contribution in [-0.4, -0.2) is 36.8 Å². The van der Waals surface area contributed by atoms with Crippen LogP contribution in [-0.2, 0) is 6.54 Å². The molecule has 0 saturated carbocycles. The number of aliphatic hydroxyl groups excluding tert-OH is 1. The van der Waals surface area contributed by atoms with Gasteiger partial charge in [-0.25, -0.2) is 4.98 Å². The molecule has 15 heavy (non-hydrogen) atoms. The highest BCUT2D eigenvalue weighted by molar-refractivity contribution is 5.38. The van der Waals surface area contributed by atoms with E-state index in [4.69, 9.17) is 5.11 Å². The van der Waals surface area contributed by atoms with E-state index in [1.807, 2.05) is 24.2 Å². The van der Waals surface area contributed by atoms with E-state index in [9.17, 15) is 0 Å². The summed E-state index contributed by atoms with van der Waals surface area (Å²) in [5, 5.41) is 12.0. The highest BCUT2D eigenvalue weighted by Gasteiger charge is 2.00. The number of likely N-dealkylation sites (N-methyl/N-ethyl adjacent to an activating group) is 1. The predicted octanol–water partition coefficient (Wildman–Crippen LogP) is 0.620. The molecule has 0 atom stereocenters. The molecule has 4 nitrogen and oxygen atoms in total. The van der Waals surface area contributed by atoms with Gasteiger partial charge in [-0.2, -0.15) is 0 Å². The minimum Gasteiger partial charge on any atom is -0.395 e. The van der Waals surface area contributed by atoms with Crippen LogP contribution in [0.15, 0.2) is 18.3 Å². The molecule has 0 aliphatic rings. The zero-order valence-corrected chi connectivity index (χ0v) is 9.40. The van der Waals surface area contributed by atoms with E-state index in [-0.39, 0.29) is 6.61 Å². The maximum atomic E-state index is 8.79. The third-order valence-corrected chi connectivity index (χ3v) is 2.21. The number of aliphatic hydroxyl groups is 1. The smallest absolute Gasteiger partial charge is 0.128 e. The van der Waals surface area contributed by atoms with Crippen molar-refractivity contribution < 1.29 is 5.11 Å². The van der Waals surface area contributed by atoms with E-state index in [1.54, 1.807) is 0 Å².